The highest BCUT2D eigenvalue weighted by atomic mass is 16.5. The summed E-state index contributed by atoms with van der Waals surface area (Å²) in [5.74, 6) is 2.81. The molecule has 2 aliphatic rings. The molecule has 25 heavy (non-hydrogen) atoms. The van der Waals surface area contributed by atoms with E-state index in [0.717, 1.165) is 67.7 Å². The maximum Gasteiger partial charge on any atom is 0.225 e. The molecule has 1 N–H and O–H groups in total. The molecule has 0 radical (unpaired) electrons. The topological polar surface area (TPSA) is 67.1 Å². The van der Waals surface area contributed by atoms with Crippen LogP contribution in [-0.4, -0.2) is 41.3 Å². The Balaban J connectivity index is 1.71. The summed E-state index contributed by atoms with van der Waals surface area (Å²) in [7, 11) is 0. The molecule has 0 saturated carbocycles. The Labute approximate surface area is 149 Å². The molecular formula is C19H27N5O. The van der Waals surface area contributed by atoms with Crippen molar-refractivity contribution in [1.29, 1.82) is 0 Å². The Morgan fingerprint density at radius 3 is 2.80 bits per heavy atom. The number of aromatic nitrogens is 3. The minimum absolute atomic E-state index is 0.450. The first kappa shape index (κ1) is 16.5. The summed E-state index contributed by atoms with van der Waals surface area (Å²) in [5.41, 5.74) is 3.02. The van der Waals surface area contributed by atoms with Gasteiger partial charge in [-0.25, -0.2) is 9.97 Å². The molecule has 0 aliphatic carbocycles. The molecule has 2 aliphatic heterocycles. The first-order valence-corrected chi connectivity index (χ1v) is 9.47. The number of hydrogen-bond donors (Lipinski definition) is 1. The van der Waals surface area contributed by atoms with Gasteiger partial charge in [-0.05, 0) is 51.6 Å². The van der Waals surface area contributed by atoms with Gasteiger partial charge in [-0.2, -0.15) is 0 Å². The molecule has 2 fully saturated rings. The van der Waals surface area contributed by atoms with E-state index in [1.165, 1.54) is 12.8 Å². The van der Waals surface area contributed by atoms with Crippen molar-refractivity contribution in [2.45, 2.75) is 45.4 Å². The first-order chi connectivity index (χ1) is 12.2. The minimum atomic E-state index is 0.450. The summed E-state index contributed by atoms with van der Waals surface area (Å²) < 4.78 is 5.53. The van der Waals surface area contributed by atoms with Gasteiger partial charge in [-0.3, -0.25) is 0 Å². The van der Waals surface area contributed by atoms with Gasteiger partial charge < -0.3 is 14.7 Å². The Morgan fingerprint density at radius 2 is 2.08 bits per heavy atom. The fourth-order valence-corrected chi connectivity index (χ4v) is 4.00. The van der Waals surface area contributed by atoms with Crippen molar-refractivity contribution < 1.29 is 4.52 Å². The third kappa shape index (κ3) is 3.54. The van der Waals surface area contributed by atoms with Crippen LogP contribution in [0.15, 0.2) is 16.8 Å². The van der Waals surface area contributed by atoms with E-state index in [1.807, 2.05) is 19.2 Å². The van der Waals surface area contributed by atoms with Gasteiger partial charge in [-0.15, -0.1) is 0 Å². The molecule has 6 heteroatoms. The van der Waals surface area contributed by atoms with E-state index in [9.17, 15) is 0 Å². The summed E-state index contributed by atoms with van der Waals surface area (Å²) >= 11 is 0. The van der Waals surface area contributed by atoms with Crippen LogP contribution in [0.4, 0.5) is 5.95 Å². The maximum atomic E-state index is 5.53. The lowest BCUT2D eigenvalue weighted by atomic mass is 9.91. The number of nitrogens with zero attached hydrogens (tertiary/aromatic N) is 4. The lowest BCUT2D eigenvalue weighted by molar-refractivity contribution is 0.421. The van der Waals surface area contributed by atoms with Gasteiger partial charge >= 0.3 is 0 Å². The largest absolute Gasteiger partial charge is 0.356 e. The molecule has 0 bridgehead atoms. The van der Waals surface area contributed by atoms with E-state index in [0.29, 0.717) is 11.8 Å². The van der Waals surface area contributed by atoms with E-state index in [4.69, 9.17) is 9.51 Å². The third-order valence-electron chi connectivity index (χ3n) is 5.36. The normalized spacial score (nSPS) is 22.3. The van der Waals surface area contributed by atoms with Crippen molar-refractivity contribution >= 4 is 5.95 Å². The van der Waals surface area contributed by atoms with Gasteiger partial charge in [0.1, 0.15) is 0 Å². The number of anilines is 1. The fraction of sp³-hybridized carbons (Fsp3) is 0.632. The van der Waals surface area contributed by atoms with Gasteiger partial charge in [0.2, 0.25) is 5.95 Å². The Bertz CT molecular complexity index is 722. The van der Waals surface area contributed by atoms with Crippen LogP contribution < -0.4 is 10.2 Å². The van der Waals surface area contributed by atoms with Crippen molar-refractivity contribution in [2.75, 3.05) is 31.1 Å². The van der Waals surface area contributed by atoms with Crippen molar-refractivity contribution in [2.24, 2.45) is 5.92 Å². The molecule has 1 atom stereocenters. The standard InChI is InChI=1S/C19H27N5O/c1-13-4-3-9-24(12-13)19-21-11-16(17-10-14(2)23-25-17)18(22-19)15-5-7-20-8-6-15/h10-11,13,15,20H,3-9,12H2,1-2H3/t13-/m0/s1. The Morgan fingerprint density at radius 1 is 1.24 bits per heavy atom. The smallest absolute Gasteiger partial charge is 0.225 e. The third-order valence-corrected chi connectivity index (χ3v) is 5.36. The van der Waals surface area contributed by atoms with Crippen molar-refractivity contribution in [3.8, 4) is 11.3 Å². The number of rotatable bonds is 3. The average Bonchev–Trinajstić information content (AvgIpc) is 3.08. The van der Waals surface area contributed by atoms with Crippen LogP contribution in [0, 0.1) is 12.8 Å². The summed E-state index contributed by atoms with van der Waals surface area (Å²) in [5, 5.41) is 7.49. The summed E-state index contributed by atoms with van der Waals surface area (Å²) in [6.07, 6.45) is 6.67. The van der Waals surface area contributed by atoms with E-state index in [-0.39, 0.29) is 0 Å². The predicted molar refractivity (Wildman–Crippen MR) is 97.7 cm³/mol. The average molecular weight is 341 g/mol. The van der Waals surface area contributed by atoms with Gasteiger partial charge in [-0.1, -0.05) is 12.1 Å². The molecule has 0 aromatic carbocycles. The Hall–Kier alpha value is -1.95. The van der Waals surface area contributed by atoms with E-state index >= 15 is 0 Å². The molecule has 2 aromatic heterocycles. The zero-order valence-electron chi connectivity index (χ0n) is 15.2. The van der Waals surface area contributed by atoms with Crippen LogP contribution in [0.25, 0.3) is 11.3 Å². The molecule has 0 spiro atoms. The molecule has 2 saturated heterocycles. The van der Waals surface area contributed by atoms with Gasteiger partial charge in [0.05, 0.1) is 17.0 Å². The predicted octanol–water partition coefficient (Wildman–Crippen LogP) is 3.14. The zero-order valence-corrected chi connectivity index (χ0v) is 15.2. The number of aryl methyl sites for hydroxylation is 1. The first-order valence-electron chi connectivity index (χ1n) is 9.47. The molecule has 4 heterocycles. The minimum Gasteiger partial charge on any atom is -0.356 e. The van der Waals surface area contributed by atoms with Crippen LogP contribution in [0.1, 0.15) is 49.9 Å². The molecular weight excluding hydrogens is 314 g/mol. The molecule has 2 aromatic rings. The SMILES string of the molecule is Cc1cc(-c2cnc(N3CCC[C@H](C)C3)nc2C2CCNCC2)on1. The van der Waals surface area contributed by atoms with E-state index < -0.39 is 0 Å². The zero-order chi connectivity index (χ0) is 17.2. The van der Waals surface area contributed by atoms with Gasteiger partial charge in [0.25, 0.3) is 0 Å². The highest BCUT2D eigenvalue weighted by Crippen LogP contribution is 2.34. The Kier molecular flexibility index (Phi) is 4.70. The number of piperidine rings is 2. The van der Waals surface area contributed by atoms with Gasteiger partial charge in [0, 0.05) is 31.3 Å². The van der Waals surface area contributed by atoms with Gasteiger partial charge in [0.15, 0.2) is 5.76 Å². The van der Waals surface area contributed by atoms with Crippen LogP contribution in [0.2, 0.25) is 0 Å². The molecule has 0 amide bonds. The second-order valence-corrected chi connectivity index (χ2v) is 7.52. The summed E-state index contributed by atoms with van der Waals surface area (Å²) in [6.45, 7) is 8.44. The van der Waals surface area contributed by atoms with Crippen LogP contribution in [-0.2, 0) is 0 Å². The lowest BCUT2D eigenvalue weighted by Crippen LogP contribution is -2.36. The number of nitrogens with one attached hydrogen (secondary N) is 1. The second kappa shape index (κ2) is 7.12. The monoisotopic (exact) mass is 341 g/mol. The number of hydrogen-bond acceptors (Lipinski definition) is 6. The van der Waals surface area contributed by atoms with Crippen molar-refractivity contribution in [1.82, 2.24) is 20.4 Å². The second-order valence-electron chi connectivity index (χ2n) is 7.52. The molecule has 4 rings (SSSR count). The van der Waals surface area contributed by atoms with Crippen LogP contribution in [0.5, 0.6) is 0 Å². The van der Waals surface area contributed by atoms with E-state index in [1.54, 1.807) is 0 Å². The quantitative estimate of drug-likeness (QED) is 0.925. The molecule has 6 nitrogen and oxygen atoms in total. The lowest BCUT2D eigenvalue weighted by Gasteiger charge is -2.32. The fourth-order valence-electron chi connectivity index (χ4n) is 4.00. The molecule has 0 unspecified atom stereocenters. The van der Waals surface area contributed by atoms with Crippen LogP contribution in [0.3, 0.4) is 0 Å². The summed E-state index contributed by atoms with van der Waals surface area (Å²) in [6, 6.07) is 1.98. The summed E-state index contributed by atoms with van der Waals surface area (Å²) in [4.78, 5) is 12.1. The highest BCUT2D eigenvalue weighted by Gasteiger charge is 2.25. The van der Waals surface area contributed by atoms with E-state index in [2.05, 4.69) is 27.3 Å². The highest BCUT2D eigenvalue weighted by molar-refractivity contribution is 5.61. The molecule has 134 valence electrons. The van der Waals surface area contributed by atoms with Crippen LogP contribution >= 0.6 is 0 Å². The maximum absolute atomic E-state index is 5.53. The van der Waals surface area contributed by atoms with Crippen molar-refractivity contribution in [3.63, 3.8) is 0 Å². The van der Waals surface area contributed by atoms with Crippen molar-refractivity contribution in [3.05, 3.63) is 23.7 Å².